The van der Waals surface area contributed by atoms with E-state index in [2.05, 4.69) is 23.4 Å². The highest BCUT2D eigenvalue weighted by Gasteiger charge is 2.18. The van der Waals surface area contributed by atoms with Gasteiger partial charge < -0.3 is 10.2 Å². The standard InChI is InChI=1S/C22H23N5O/c1-16-21(17(2)27(25-16)20-10-5-4-6-11-20)14-26(3)15-22(28)24-19-9-7-8-18(12-19)13-23/h4-12H,14-15H2,1-3H3,(H,24,28)/p+1. The van der Waals surface area contributed by atoms with E-state index in [1.54, 1.807) is 24.3 Å². The fraction of sp³-hybridized carbons (Fsp3) is 0.227. The Morgan fingerprint density at radius 2 is 1.93 bits per heavy atom. The number of carbonyl (C=O) groups excluding carboxylic acids is 1. The maximum Gasteiger partial charge on any atom is 0.279 e. The van der Waals surface area contributed by atoms with Crippen LogP contribution in [0.3, 0.4) is 0 Å². The molecule has 1 atom stereocenters. The number of hydrogen-bond acceptors (Lipinski definition) is 3. The lowest BCUT2D eigenvalue weighted by atomic mass is 10.2. The van der Waals surface area contributed by atoms with E-state index in [0.717, 1.165) is 27.5 Å². The molecule has 0 saturated carbocycles. The summed E-state index contributed by atoms with van der Waals surface area (Å²) >= 11 is 0. The highest BCUT2D eigenvalue weighted by Crippen LogP contribution is 2.17. The van der Waals surface area contributed by atoms with Crippen molar-refractivity contribution in [3.05, 3.63) is 77.1 Å². The van der Waals surface area contributed by atoms with Crippen LogP contribution in [0.4, 0.5) is 5.69 Å². The van der Waals surface area contributed by atoms with Crippen molar-refractivity contribution < 1.29 is 9.69 Å². The molecule has 0 spiro atoms. The highest BCUT2D eigenvalue weighted by atomic mass is 16.2. The molecule has 3 rings (SSSR count). The van der Waals surface area contributed by atoms with Gasteiger partial charge >= 0.3 is 0 Å². The van der Waals surface area contributed by atoms with Crippen LogP contribution in [0, 0.1) is 25.2 Å². The van der Waals surface area contributed by atoms with Crippen molar-refractivity contribution in [1.82, 2.24) is 9.78 Å². The molecular weight excluding hydrogens is 350 g/mol. The van der Waals surface area contributed by atoms with Crippen LogP contribution in [-0.2, 0) is 11.3 Å². The van der Waals surface area contributed by atoms with Crippen molar-refractivity contribution in [2.24, 2.45) is 0 Å². The second-order valence-electron chi connectivity index (χ2n) is 6.95. The summed E-state index contributed by atoms with van der Waals surface area (Å²) in [5.41, 5.74) is 5.41. The number of hydrogen-bond donors (Lipinski definition) is 2. The number of nitrogens with zero attached hydrogens (tertiary/aromatic N) is 3. The molecule has 1 unspecified atom stereocenters. The normalized spacial score (nSPS) is 11.6. The number of anilines is 1. The molecular formula is C22H24N5O+. The molecule has 0 aliphatic rings. The van der Waals surface area contributed by atoms with Gasteiger partial charge in [0.05, 0.1) is 41.3 Å². The van der Waals surface area contributed by atoms with Crippen molar-refractivity contribution >= 4 is 11.6 Å². The van der Waals surface area contributed by atoms with Crippen LogP contribution in [-0.4, -0.2) is 29.3 Å². The summed E-state index contributed by atoms with van der Waals surface area (Å²) < 4.78 is 1.95. The van der Waals surface area contributed by atoms with Crippen LogP contribution in [0.25, 0.3) is 5.69 Å². The number of nitriles is 1. The SMILES string of the molecule is Cc1nn(-c2ccccc2)c(C)c1C[NH+](C)CC(=O)Nc1cccc(C#N)c1. The summed E-state index contributed by atoms with van der Waals surface area (Å²) in [6.07, 6.45) is 0. The maximum atomic E-state index is 12.4. The van der Waals surface area contributed by atoms with Gasteiger partial charge in [-0.05, 0) is 44.2 Å². The zero-order valence-electron chi connectivity index (χ0n) is 16.4. The minimum absolute atomic E-state index is 0.0849. The molecule has 28 heavy (non-hydrogen) atoms. The van der Waals surface area contributed by atoms with Crippen molar-refractivity contribution in [1.29, 1.82) is 5.26 Å². The monoisotopic (exact) mass is 374 g/mol. The molecule has 0 fully saturated rings. The van der Waals surface area contributed by atoms with Crippen LogP contribution < -0.4 is 10.2 Å². The average Bonchev–Trinajstić information content (AvgIpc) is 2.97. The van der Waals surface area contributed by atoms with Gasteiger partial charge in [-0.25, -0.2) is 4.68 Å². The van der Waals surface area contributed by atoms with Crippen LogP contribution in [0.5, 0.6) is 0 Å². The molecule has 3 aromatic rings. The second kappa shape index (κ2) is 8.51. The average molecular weight is 374 g/mol. The Morgan fingerprint density at radius 1 is 1.18 bits per heavy atom. The van der Waals surface area contributed by atoms with Crippen molar-refractivity contribution in [2.75, 3.05) is 18.9 Å². The number of likely N-dealkylation sites (N-methyl/N-ethyl adjacent to an activating group) is 1. The van der Waals surface area contributed by atoms with Gasteiger partial charge in [-0.15, -0.1) is 0 Å². The molecule has 2 aromatic carbocycles. The lowest BCUT2D eigenvalue weighted by Gasteiger charge is -2.14. The predicted molar refractivity (Wildman–Crippen MR) is 108 cm³/mol. The van der Waals surface area contributed by atoms with Crippen molar-refractivity contribution in [3.63, 3.8) is 0 Å². The van der Waals surface area contributed by atoms with Gasteiger partial charge in [0.1, 0.15) is 6.54 Å². The number of aryl methyl sites for hydroxylation is 1. The zero-order valence-corrected chi connectivity index (χ0v) is 16.4. The fourth-order valence-electron chi connectivity index (χ4n) is 3.26. The van der Waals surface area contributed by atoms with E-state index < -0.39 is 0 Å². The number of amides is 1. The molecule has 0 radical (unpaired) electrons. The summed E-state index contributed by atoms with van der Waals surface area (Å²) in [4.78, 5) is 13.4. The fourth-order valence-corrected chi connectivity index (χ4v) is 3.26. The molecule has 0 aliphatic heterocycles. The molecule has 1 aromatic heterocycles. The smallest absolute Gasteiger partial charge is 0.279 e. The molecule has 0 aliphatic carbocycles. The summed E-state index contributed by atoms with van der Waals surface area (Å²) in [6.45, 7) is 5.09. The Hall–Kier alpha value is -3.43. The second-order valence-corrected chi connectivity index (χ2v) is 6.95. The zero-order chi connectivity index (χ0) is 20.1. The third kappa shape index (κ3) is 4.45. The Kier molecular flexibility index (Phi) is 5.87. The third-order valence-corrected chi connectivity index (χ3v) is 4.66. The van der Waals surface area contributed by atoms with Crippen molar-refractivity contribution in [3.8, 4) is 11.8 Å². The number of rotatable bonds is 6. The lowest BCUT2D eigenvalue weighted by Crippen LogP contribution is -3.08. The number of quaternary nitrogens is 1. The van der Waals surface area contributed by atoms with Crippen LogP contribution in [0.2, 0.25) is 0 Å². The molecule has 1 heterocycles. The van der Waals surface area contributed by atoms with E-state index in [0.29, 0.717) is 24.3 Å². The molecule has 6 heteroatoms. The van der Waals surface area contributed by atoms with Crippen LogP contribution in [0.1, 0.15) is 22.5 Å². The first-order valence-corrected chi connectivity index (χ1v) is 9.19. The summed E-state index contributed by atoms with van der Waals surface area (Å²) in [5, 5.41) is 16.5. The molecule has 0 bridgehead atoms. The van der Waals surface area contributed by atoms with Gasteiger partial charge in [0, 0.05) is 5.69 Å². The van der Waals surface area contributed by atoms with E-state index >= 15 is 0 Å². The minimum atomic E-state index is -0.0849. The predicted octanol–water partition coefficient (Wildman–Crippen LogP) is 2.01. The Labute approximate surface area is 165 Å². The third-order valence-electron chi connectivity index (χ3n) is 4.66. The summed E-state index contributed by atoms with van der Waals surface area (Å²) in [5.74, 6) is -0.0849. The number of benzene rings is 2. The molecule has 142 valence electrons. The van der Waals surface area contributed by atoms with Gasteiger partial charge in [0.2, 0.25) is 0 Å². The number of aromatic nitrogens is 2. The minimum Gasteiger partial charge on any atom is -0.326 e. The van der Waals surface area contributed by atoms with Crippen LogP contribution >= 0.6 is 0 Å². The lowest BCUT2D eigenvalue weighted by molar-refractivity contribution is -0.885. The molecule has 6 nitrogen and oxygen atoms in total. The summed E-state index contributed by atoms with van der Waals surface area (Å²) in [6, 6.07) is 19.0. The largest absolute Gasteiger partial charge is 0.326 e. The molecule has 2 N–H and O–H groups in total. The van der Waals surface area contributed by atoms with Gasteiger partial charge in [0.25, 0.3) is 5.91 Å². The summed E-state index contributed by atoms with van der Waals surface area (Å²) in [7, 11) is 1.99. The topological polar surface area (TPSA) is 75.2 Å². The molecule has 0 saturated heterocycles. The first-order valence-electron chi connectivity index (χ1n) is 9.19. The van der Waals surface area contributed by atoms with Crippen molar-refractivity contribution in [2.45, 2.75) is 20.4 Å². The quantitative estimate of drug-likeness (QED) is 0.693. The van der Waals surface area contributed by atoms with E-state index in [9.17, 15) is 4.79 Å². The Morgan fingerprint density at radius 3 is 2.64 bits per heavy atom. The molecule has 1 amide bonds. The van der Waals surface area contributed by atoms with Gasteiger partial charge in [0.15, 0.2) is 6.54 Å². The Bertz CT molecular complexity index is 1020. The highest BCUT2D eigenvalue weighted by molar-refractivity contribution is 5.91. The first kappa shape index (κ1) is 19.3. The van der Waals surface area contributed by atoms with Gasteiger partial charge in [-0.1, -0.05) is 24.3 Å². The number of para-hydroxylation sites is 1. The van der Waals surface area contributed by atoms with Gasteiger partial charge in [-0.3, -0.25) is 4.79 Å². The van der Waals surface area contributed by atoms with Crippen LogP contribution in [0.15, 0.2) is 54.6 Å². The van der Waals surface area contributed by atoms with E-state index in [1.165, 1.54) is 0 Å². The maximum absolute atomic E-state index is 12.4. The number of carbonyl (C=O) groups is 1. The van der Waals surface area contributed by atoms with Gasteiger partial charge in [-0.2, -0.15) is 10.4 Å². The number of nitrogens with one attached hydrogen (secondary N) is 2. The first-order chi connectivity index (χ1) is 13.5. The van der Waals surface area contributed by atoms with E-state index in [1.807, 2.05) is 49.0 Å². The Balaban J connectivity index is 1.66. The van der Waals surface area contributed by atoms with E-state index in [4.69, 9.17) is 5.26 Å². The van der Waals surface area contributed by atoms with E-state index in [-0.39, 0.29) is 5.91 Å².